The minimum Gasteiger partial charge on any atom is -0.342 e. The van der Waals surface area contributed by atoms with E-state index in [9.17, 15) is 9.59 Å². The second-order valence-electron chi connectivity index (χ2n) is 7.64. The number of carbonyl (C=O) groups is 2. The van der Waals surface area contributed by atoms with E-state index in [1.165, 1.54) is 24.6 Å². The van der Waals surface area contributed by atoms with E-state index < -0.39 is 0 Å². The molecule has 1 aromatic carbocycles. The van der Waals surface area contributed by atoms with E-state index in [-0.39, 0.29) is 17.7 Å². The molecule has 29 heavy (non-hydrogen) atoms. The van der Waals surface area contributed by atoms with Crippen molar-refractivity contribution in [1.82, 2.24) is 25.1 Å². The van der Waals surface area contributed by atoms with Gasteiger partial charge < -0.3 is 10.2 Å². The summed E-state index contributed by atoms with van der Waals surface area (Å²) in [6.07, 6.45) is 6.00. The Morgan fingerprint density at radius 1 is 1.07 bits per heavy atom. The van der Waals surface area contributed by atoms with Crippen LogP contribution in [0.5, 0.6) is 0 Å². The molecule has 0 radical (unpaired) electrons. The van der Waals surface area contributed by atoms with E-state index in [2.05, 4.69) is 20.8 Å². The van der Waals surface area contributed by atoms with Gasteiger partial charge in [-0.05, 0) is 48.2 Å². The highest BCUT2D eigenvalue weighted by Crippen LogP contribution is 2.31. The average Bonchev–Trinajstić information content (AvgIpc) is 3.44. The molecule has 1 N–H and O–H groups in total. The number of thioether (sulfide) groups is 1. The van der Waals surface area contributed by atoms with Gasteiger partial charge in [-0.1, -0.05) is 42.8 Å². The number of anilines is 1. The molecule has 8 nitrogen and oxygen atoms in total. The molecular formula is C20H26N6O2S. The molecule has 9 heteroatoms. The summed E-state index contributed by atoms with van der Waals surface area (Å²) in [6.45, 7) is 1.22. The topological polar surface area (TPSA) is 93.0 Å². The van der Waals surface area contributed by atoms with Gasteiger partial charge in [0.2, 0.25) is 17.0 Å². The van der Waals surface area contributed by atoms with Crippen molar-refractivity contribution in [2.75, 3.05) is 24.2 Å². The summed E-state index contributed by atoms with van der Waals surface area (Å²) in [5, 5.41) is 15.7. The van der Waals surface area contributed by atoms with E-state index in [0.29, 0.717) is 37.7 Å². The van der Waals surface area contributed by atoms with Crippen LogP contribution in [-0.4, -0.2) is 55.8 Å². The lowest BCUT2D eigenvalue weighted by Crippen LogP contribution is -2.42. The molecule has 2 heterocycles. The number of nitrogens with one attached hydrogen (secondary N) is 1. The van der Waals surface area contributed by atoms with Gasteiger partial charge in [0.15, 0.2) is 0 Å². The summed E-state index contributed by atoms with van der Waals surface area (Å²) >= 11 is 1.41. The summed E-state index contributed by atoms with van der Waals surface area (Å²) in [5.74, 6) is 0.390. The van der Waals surface area contributed by atoms with Crippen molar-refractivity contribution in [3.63, 3.8) is 0 Å². The van der Waals surface area contributed by atoms with E-state index >= 15 is 0 Å². The molecule has 1 saturated heterocycles. The van der Waals surface area contributed by atoms with E-state index in [0.717, 1.165) is 23.7 Å². The third-order valence-corrected chi connectivity index (χ3v) is 6.64. The van der Waals surface area contributed by atoms with Crippen molar-refractivity contribution >= 4 is 29.3 Å². The number of aromatic nitrogens is 4. The normalized spacial score (nSPS) is 18.1. The Hall–Kier alpha value is -2.42. The first-order chi connectivity index (χ1) is 14.2. The van der Waals surface area contributed by atoms with Crippen LogP contribution in [0.3, 0.4) is 0 Å². The lowest BCUT2D eigenvalue weighted by atomic mass is 9.96. The van der Waals surface area contributed by atoms with Crippen LogP contribution in [0.1, 0.15) is 44.6 Å². The first-order valence-electron chi connectivity index (χ1n) is 10.2. The lowest BCUT2D eigenvalue weighted by Gasteiger charge is -2.31. The van der Waals surface area contributed by atoms with Crippen molar-refractivity contribution in [2.24, 2.45) is 5.92 Å². The van der Waals surface area contributed by atoms with Gasteiger partial charge in [0, 0.05) is 24.7 Å². The van der Waals surface area contributed by atoms with Crippen LogP contribution in [0, 0.1) is 5.92 Å². The van der Waals surface area contributed by atoms with Gasteiger partial charge in [0.05, 0.1) is 11.8 Å². The third-order valence-electron chi connectivity index (χ3n) is 5.72. The number of likely N-dealkylation sites (tertiary alicyclic amines) is 1. The molecule has 2 aromatic rings. The zero-order valence-corrected chi connectivity index (χ0v) is 17.2. The first kappa shape index (κ1) is 19.9. The highest BCUT2D eigenvalue weighted by Gasteiger charge is 2.28. The Labute approximate surface area is 174 Å². The smallest absolute Gasteiger partial charge is 0.233 e. The number of para-hydroxylation sites is 1. The van der Waals surface area contributed by atoms with Crippen LogP contribution in [-0.2, 0) is 9.59 Å². The minimum absolute atomic E-state index is 0.0356. The molecule has 0 bridgehead atoms. The highest BCUT2D eigenvalue weighted by molar-refractivity contribution is 7.99. The molecule has 0 spiro atoms. The molecular weight excluding hydrogens is 388 g/mol. The Morgan fingerprint density at radius 3 is 2.52 bits per heavy atom. The van der Waals surface area contributed by atoms with E-state index in [4.69, 9.17) is 0 Å². The van der Waals surface area contributed by atoms with Gasteiger partial charge in [-0.3, -0.25) is 9.59 Å². The van der Waals surface area contributed by atoms with Gasteiger partial charge in [0.1, 0.15) is 0 Å². The Bertz CT molecular complexity index is 829. The van der Waals surface area contributed by atoms with Crippen molar-refractivity contribution in [3.05, 3.63) is 30.3 Å². The number of benzene rings is 1. The van der Waals surface area contributed by atoms with Gasteiger partial charge in [0.25, 0.3) is 0 Å². The zero-order valence-electron chi connectivity index (χ0n) is 16.4. The molecule has 2 aliphatic rings. The fourth-order valence-corrected chi connectivity index (χ4v) is 4.88. The van der Waals surface area contributed by atoms with Crippen LogP contribution in [0.25, 0.3) is 0 Å². The molecule has 4 rings (SSSR count). The molecule has 1 aliphatic heterocycles. The third kappa shape index (κ3) is 4.95. The summed E-state index contributed by atoms with van der Waals surface area (Å²) in [4.78, 5) is 26.9. The predicted molar refractivity (Wildman–Crippen MR) is 110 cm³/mol. The number of nitrogens with zero attached hydrogens (tertiary/aromatic N) is 5. The predicted octanol–water partition coefficient (Wildman–Crippen LogP) is 2.76. The number of piperidine rings is 1. The monoisotopic (exact) mass is 414 g/mol. The molecule has 1 saturated carbocycles. The number of tetrazole rings is 1. The number of carbonyl (C=O) groups excluding carboxylic acids is 2. The number of rotatable bonds is 6. The summed E-state index contributed by atoms with van der Waals surface area (Å²) in [6, 6.07) is 9.85. The summed E-state index contributed by atoms with van der Waals surface area (Å²) in [7, 11) is 0. The Balaban J connectivity index is 1.23. The maximum absolute atomic E-state index is 12.6. The molecule has 2 fully saturated rings. The SMILES string of the molecule is O=C(Nc1ccccc1)C1CCN(C(=O)CSc2nnnn2C2CCCC2)CC1. The lowest BCUT2D eigenvalue weighted by molar-refractivity contribution is -0.132. The molecule has 154 valence electrons. The Morgan fingerprint density at radius 2 is 1.79 bits per heavy atom. The highest BCUT2D eigenvalue weighted by atomic mass is 32.2. The number of hydrogen-bond donors (Lipinski definition) is 1. The first-order valence-corrected chi connectivity index (χ1v) is 11.2. The van der Waals surface area contributed by atoms with Gasteiger partial charge in [-0.15, -0.1) is 5.10 Å². The molecule has 1 aromatic heterocycles. The van der Waals surface area contributed by atoms with E-state index in [1.807, 2.05) is 39.9 Å². The quantitative estimate of drug-likeness (QED) is 0.731. The van der Waals surface area contributed by atoms with Crippen molar-refractivity contribution in [2.45, 2.75) is 49.7 Å². The maximum atomic E-state index is 12.6. The fraction of sp³-hybridized carbons (Fsp3) is 0.550. The van der Waals surface area contributed by atoms with Gasteiger partial charge >= 0.3 is 0 Å². The minimum atomic E-state index is -0.0541. The molecule has 0 unspecified atom stereocenters. The van der Waals surface area contributed by atoms with Crippen LogP contribution < -0.4 is 5.32 Å². The maximum Gasteiger partial charge on any atom is 0.233 e. The standard InChI is InChI=1S/C20H26N6O2S/c27-18(14-29-20-22-23-24-26(20)17-8-4-5-9-17)25-12-10-15(11-13-25)19(28)21-16-6-2-1-3-7-16/h1-3,6-7,15,17H,4-5,8-14H2,(H,21,28). The largest absolute Gasteiger partial charge is 0.342 e. The fourth-order valence-electron chi connectivity index (χ4n) is 4.03. The average molecular weight is 415 g/mol. The van der Waals surface area contributed by atoms with Crippen molar-refractivity contribution in [1.29, 1.82) is 0 Å². The van der Waals surface area contributed by atoms with Crippen molar-refractivity contribution in [3.8, 4) is 0 Å². The Kier molecular flexibility index (Phi) is 6.43. The second-order valence-corrected chi connectivity index (χ2v) is 8.59. The van der Waals surface area contributed by atoms with Crippen molar-refractivity contribution < 1.29 is 9.59 Å². The molecule has 1 aliphatic carbocycles. The van der Waals surface area contributed by atoms with E-state index in [1.54, 1.807) is 0 Å². The van der Waals surface area contributed by atoms with Crippen LogP contribution in [0.2, 0.25) is 0 Å². The second kappa shape index (κ2) is 9.39. The number of amides is 2. The molecule has 0 atom stereocenters. The van der Waals surface area contributed by atoms with Gasteiger partial charge in [-0.25, -0.2) is 4.68 Å². The summed E-state index contributed by atoms with van der Waals surface area (Å²) in [5.41, 5.74) is 0.812. The molecule has 2 amide bonds. The summed E-state index contributed by atoms with van der Waals surface area (Å²) < 4.78 is 1.88. The van der Waals surface area contributed by atoms with Crippen LogP contribution in [0.15, 0.2) is 35.5 Å². The van der Waals surface area contributed by atoms with Crippen LogP contribution in [0.4, 0.5) is 5.69 Å². The van der Waals surface area contributed by atoms with Crippen LogP contribution >= 0.6 is 11.8 Å². The van der Waals surface area contributed by atoms with Gasteiger partial charge in [-0.2, -0.15) is 0 Å². The zero-order chi connectivity index (χ0) is 20.1. The number of hydrogen-bond acceptors (Lipinski definition) is 6.